The van der Waals surface area contributed by atoms with Crippen molar-refractivity contribution in [1.82, 2.24) is 0 Å². The average molecular weight is 191 g/mol. The van der Waals surface area contributed by atoms with E-state index in [-0.39, 0.29) is 18.0 Å². The Labute approximate surface area is 84.9 Å². The highest BCUT2D eigenvalue weighted by Gasteiger charge is 2.13. The average Bonchev–Trinajstić information content (AvgIpc) is 2.19. The molecule has 0 amide bonds. The van der Waals surface area contributed by atoms with E-state index < -0.39 is 0 Å². The maximum atomic E-state index is 11.3. The Bertz CT molecular complexity index is 290. The van der Waals surface area contributed by atoms with Crippen molar-refractivity contribution in [3.05, 3.63) is 35.9 Å². The maximum Gasteiger partial charge on any atom is 0.308 e. The molecule has 0 bridgehead atoms. The van der Waals surface area contributed by atoms with Gasteiger partial charge in [-0.05, 0) is 18.6 Å². The zero-order valence-corrected chi connectivity index (χ0v) is 8.78. The van der Waals surface area contributed by atoms with Gasteiger partial charge in [0.05, 0.1) is 5.92 Å². The molecular weight excluding hydrogens is 176 g/mol. The highest BCUT2D eigenvalue weighted by atomic mass is 16.5. The molecule has 0 saturated carbocycles. The van der Waals surface area contributed by atoms with Crippen molar-refractivity contribution in [3.63, 3.8) is 0 Å². The van der Waals surface area contributed by atoms with E-state index >= 15 is 0 Å². The van der Waals surface area contributed by atoms with E-state index in [2.05, 4.69) is 6.07 Å². The highest BCUT2D eigenvalue weighted by molar-refractivity contribution is 5.71. The lowest BCUT2D eigenvalue weighted by molar-refractivity contribution is -0.152. The molecular formula is C12H15O2. The third kappa shape index (κ3) is 2.87. The normalized spacial score (nSPS) is 12.6. The molecule has 0 unspecified atom stereocenters. The number of ether oxygens (including phenoxy) is 1. The van der Waals surface area contributed by atoms with Gasteiger partial charge >= 0.3 is 5.97 Å². The van der Waals surface area contributed by atoms with E-state index in [4.69, 9.17) is 4.74 Å². The second kappa shape index (κ2) is 4.80. The Balaban J connectivity index is 2.59. The van der Waals surface area contributed by atoms with E-state index in [1.54, 1.807) is 0 Å². The van der Waals surface area contributed by atoms with Crippen LogP contribution >= 0.6 is 0 Å². The summed E-state index contributed by atoms with van der Waals surface area (Å²) in [7, 11) is 0. The summed E-state index contributed by atoms with van der Waals surface area (Å²) in [6, 6.07) is 10.5. The third-order valence-electron chi connectivity index (χ3n) is 1.94. The monoisotopic (exact) mass is 191 g/mol. The number of benzene rings is 1. The van der Waals surface area contributed by atoms with E-state index in [0.29, 0.717) is 0 Å². The van der Waals surface area contributed by atoms with Crippen LogP contribution in [0.1, 0.15) is 32.4 Å². The van der Waals surface area contributed by atoms with Gasteiger partial charge in [0, 0.05) is 0 Å². The van der Waals surface area contributed by atoms with Crippen molar-refractivity contribution < 1.29 is 9.53 Å². The highest BCUT2D eigenvalue weighted by Crippen LogP contribution is 2.16. The Morgan fingerprint density at radius 1 is 1.36 bits per heavy atom. The lowest BCUT2D eigenvalue weighted by atomic mass is 10.1. The molecule has 0 saturated heterocycles. The Morgan fingerprint density at radius 3 is 2.57 bits per heavy atom. The quantitative estimate of drug-likeness (QED) is 0.687. The van der Waals surface area contributed by atoms with Gasteiger partial charge in [-0.25, -0.2) is 0 Å². The van der Waals surface area contributed by atoms with Crippen molar-refractivity contribution in [3.8, 4) is 0 Å². The smallest absolute Gasteiger partial charge is 0.308 e. The van der Waals surface area contributed by atoms with E-state index in [9.17, 15) is 4.79 Å². The molecule has 75 valence electrons. The summed E-state index contributed by atoms with van der Waals surface area (Å²) in [5.74, 6) is -0.254. The fraction of sp³-hybridized carbons (Fsp3) is 0.417. The summed E-state index contributed by atoms with van der Waals surface area (Å²) in [6.45, 7) is 5.50. The van der Waals surface area contributed by atoms with Gasteiger partial charge in [0.25, 0.3) is 0 Å². The van der Waals surface area contributed by atoms with Gasteiger partial charge in [-0.15, -0.1) is 0 Å². The van der Waals surface area contributed by atoms with Crippen molar-refractivity contribution in [2.75, 3.05) is 0 Å². The minimum Gasteiger partial charge on any atom is -0.458 e. The van der Waals surface area contributed by atoms with Gasteiger partial charge in [0.2, 0.25) is 0 Å². The lowest BCUT2D eigenvalue weighted by Crippen LogP contribution is -2.14. The third-order valence-corrected chi connectivity index (χ3v) is 1.94. The van der Waals surface area contributed by atoms with Crippen LogP contribution in [0.15, 0.2) is 24.3 Å². The second-order valence-corrected chi connectivity index (χ2v) is 3.55. The number of rotatable bonds is 3. The fourth-order valence-electron chi connectivity index (χ4n) is 1.03. The van der Waals surface area contributed by atoms with Gasteiger partial charge in [-0.3, -0.25) is 4.79 Å². The molecule has 1 atom stereocenters. The van der Waals surface area contributed by atoms with Gasteiger partial charge in [-0.2, -0.15) is 0 Å². The van der Waals surface area contributed by atoms with Crippen LogP contribution in [0.2, 0.25) is 0 Å². The van der Waals surface area contributed by atoms with Crippen LogP contribution in [-0.4, -0.2) is 5.97 Å². The van der Waals surface area contributed by atoms with Crippen LogP contribution in [0.25, 0.3) is 0 Å². The molecule has 0 aromatic heterocycles. The van der Waals surface area contributed by atoms with E-state index in [1.807, 2.05) is 45.0 Å². The van der Waals surface area contributed by atoms with E-state index in [1.165, 1.54) is 0 Å². The second-order valence-electron chi connectivity index (χ2n) is 3.55. The van der Waals surface area contributed by atoms with Crippen LogP contribution in [0.3, 0.4) is 0 Å². The van der Waals surface area contributed by atoms with Crippen LogP contribution in [0.5, 0.6) is 0 Å². The molecule has 0 heterocycles. The molecule has 1 rings (SSSR count). The maximum absolute atomic E-state index is 11.3. The summed E-state index contributed by atoms with van der Waals surface area (Å²) >= 11 is 0. The van der Waals surface area contributed by atoms with Crippen molar-refractivity contribution >= 4 is 5.97 Å². The predicted molar refractivity (Wildman–Crippen MR) is 54.6 cm³/mol. The molecule has 1 aromatic rings. The first-order valence-electron chi connectivity index (χ1n) is 4.78. The largest absolute Gasteiger partial charge is 0.458 e. The Hall–Kier alpha value is -1.31. The zero-order valence-electron chi connectivity index (χ0n) is 8.78. The molecule has 0 N–H and O–H groups in total. The number of hydrogen-bond acceptors (Lipinski definition) is 2. The standard InChI is InChI=1S/C12H15O2/c1-9(2)12(13)14-10(3)11-7-5-4-6-8-11/h4-7,9-10H,1-3H3/t10-/m0/s1. The first-order chi connectivity index (χ1) is 6.61. The zero-order chi connectivity index (χ0) is 10.6. The van der Waals surface area contributed by atoms with E-state index in [0.717, 1.165) is 5.56 Å². The first-order valence-corrected chi connectivity index (χ1v) is 4.78. The van der Waals surface area contributed by atoms with Crippen molar-refractivity contribution in [2.45, 2.75) is 26.9 Å². The molecule has 0 fully saturated rings. The Kier molecular flexibility index (Phi) is 3.69. The minimum absolute atomic E-state index is 0.0823. The summed E-state index contributed by atoms with van der Waals surface area (Å²) < 4.78 is 5.23. The van der Waals surface area contributed by atoms with Crippen LogP contribution in [-0.2, 0) is 9.53 Å². The van der Waals surface area contributed by atoms with Crippen LogP contribution < -0.4 is 0 Å². The number of carbonyl (C=O) groups is 1. The molecule has 0 spiro atoms. The molecule has 1 aromatic carbocycles. The van der Waals surface area contributed by atoms with Gasteiger partial charge in [0.15, 0.2) is 0 Å². The number of hydrogen-bond donors (Lipinski definition) is 0. The molecule has 14 heavy (non-hydrogen) atoms. The van der Waals surface area contributed by atoms with Gasteiger partial charge < -0.3 is 4.74 Å². The Morgan fingerprint density at radius 2 is 2.07 bits per heavy atom. The van der Waals surface area contributed by atoms with Crippen molar-refractivity contribution in [2.24, 2.45) is 5.92 Å². The number of carbonyl (C=O) groups excluding carboxylic acids is 1. The first kappa shape index (κ1) is 10.8. The van der Waals surface area contributed by atoms with Crippen LogP contribution in [0.4, 0.5) is 0 Å². The minimum atomic E-state index is -0.217. The topological polar surface area (TPSA) is 26.3 Å². The summed E-state index contributed by atoms with van der Waals surface area (Å²) in [4.78, 5) is 11.3. The summed E-state index contributed by atoms with van der Waals surface area (Å²) in [6.07, 6.45) is -0.217. The molecule has 2 heteroatoms. The molecule has 0 aliphatic rings. The molecule has 0 aliphatic heterocycles. The van der Waals surface area contributed by atoms with Gasteiger partial charge in [-0.1, -0.05) is 38.1 Å². The SMILES string of the molecule is CC(C)C(=O)O[C@@H](C)c1[c]cccc1. The van der Waals surface area contributed by atoms with Crippen LogP contribution in [0, 0.1) is 12.0 Å². The summed E-state index contributed by atoms with van der Waals surface area (Å²) in [5, 5.41) is 0. The number of esters is 1. The molecule has 0 aliphatic carbocycles. The fourth-order valence-corrected chi connectivity index (χ4v) is 1.03. The van der Waals surface area contributed by atoms with Crippen molar-refractivity contribution in [1.29, 1.82) is 0 Å². The summed E-state index contributed by atoms with van der Waals surface area (Å²) in [5.41, 5.74) is 0.904. The molecule has 2 nitrogen and oxygen atoms in total. The lowest BCUT2D eigenvalue weighted by Gasteiger charge is -2.14. The molecule has 1 radical (unpaired) electrons. The van der Waals surface area contributed by atoms with Gasteiger partial charge in [0.1, 0.15) is 6.10 Å². The predicted octanol–water partition coefficient (Wildman–Crippen LogP) is 2.75.